The Balaban J connectivity index is 0.000000200. The van der Waals surface area contributed by atoms with Gasteiger partial charge in [-0.15, -0.1) is 18.8 Å². The van der Waals surface area contributed by atoms with Gasteiger partial charge in [-0.05, 0) is 18.8 Å². The second-order valence-electron chi connectivity index (χ2n) is 5.18. The maximum atomic E-state index is 13.1. The third kappa shape index (κ3) is 5.77. The van der Waals surface area contributed by atoms with E-state index in [9.17, 15) is 17.6 Å². The summed E-state index contributed by atoms with van der Waals surface area (Å²) in [5.74, 6) is -3.58. The molecule has 0 atom stereocenters. The fourth-order valence-electron chi connectivity index (χ4n) is 1.97. The van der Waals surface area contributed by atoms with Gasteiger partial charge in [-0.2, -0.15) is 11.2 Å². The van der Waals surface area contributed by atoms with E-state index in [4.69, 9.17) is 0 Å². The molecule has 12 heteroatoms. The van der Waals surface area contributed by atoms with E-state index in [1.165, 1.54) is 30.4 Å². The molecule has 1 aliphatic rings. The van der Waals surface area contributed by atoms with Crippen LogP contribution >= 0.6 is 0 Å². The first-order chi connectivity index (χ1) is 13.4. The van der Waals surface area contributed by atoms with Gasteiger partial charge < -0.3 is 14.9 Å². The summed E-state index contributed by atoms with van der Waals surface area (Å²) in [7, 11) is 1.73. The summed E-state index contributed by atoms with van der Waals surface area (Å²) in [5, 5.41) is 5.05. The molecule has 0 bridgehead atoms. The van der Waals surface area contributed by atoms with Crippen molar-refractivity contribution in [2.24, 2.45) is 5.10 Å². The predicted molar refractivity (Wildman–Crippen MR) is 90.0 cm³/mol. The van der Waals surface area contributed by atoms with Crippen LogP contribution in [0.3, 0.4) is 0 Å². The van der Waals surface area contributed by atoms with Crippen LogP contribution in [0, 0.1) is 42.6 Å². The maximum Gasteiger partial charge on any atom is 0.130 e. The number of rotatable bonds is 2. The molecule has 0 radical (unpaired) electrons. The Labute approximate surface area is 177 Å². The van der Waals surface area contributed by atoms with E-state index in [1.54, 1.807) is 18.0 Å². The Hall–Kier alpha value is -2.94. The number of halogens is 4. The summed E-state index contributed by atoms with van der Waals surface area (Å²) < 4.78 is 51.1. The predicted octanol–water partition coefficient (Wildman–Crippen LogP) is 2.59. The topological polar surface area (TPSA) is 70.4 Å². The molecule has 0 aliphatic carbocycles. The average molecular weight is 583 g/mol. The SMILES string of the molecule is CN1C=NN(c2[c-]cc(F)nc2F)[CH-]1.Fc1c[c-]c(-c2ncccn2)c(F)n1.[Pt]. The molecule has 0 saturated heterocycles. The Morgan fingerprint density at radius 1 is 0.931 bits per heavy atom. The van der Waals surface area contributed by atoms with Crippen LogP contribution in [0.5, 0.6) is 0 Å². The van der Waals surface area contributed by atoms with Gasteiger partial charge >= 0.3 is 0 Å². The number of aromatic nitrogens is 4. The molecule has 29 heavy (non-hydrogen) atoms. The van der Waals surface area contributed by atoms with E-state index in [0.29, 0.717) is 0 Å². The first-order valence-electron chi connectivity index (χ1n) is 7.59. The molecule has 154 valence electrons. The van der Waals surface area contributed by atoms with E-state index in [0.717, 1.165) is 12.1 Å². The van der Waals surface area contributed by atoms with Gasteiger partial charge in [-0.3, -0.25) is 23.7 Å². The molecule has 4 heterocycles. The van der Waals surface area contributed by atoms with Crippen LogP contribution in [0.4, 0.5) is 23.2 Å². The van der Waals surface area contributed by atoms with Gasteiger partial charge in [0.25, 0.3) is 0 Å². The number of nitrogens with zero attached hydrogens (tertiary/aromatic N) is 7. The van der Waals surface area contributed by atoms with Crippen molar-refractivity contribution in [2.75, 3.05) is 12.1 Å². The molecule has 0 aromatic carbocycles. The monoisotopic (exact) mass is 583 g/mol. The van der Waals surface area contributed by atoms with E-state index >= 15 is 0 Å². The van der Waals surface area contributed by atoms with Gasteiger partial charge in [-0.1, -0.05) is 11.6 Å². The quantitative estimate of drug-likeness (QED) is 0.263. The van der Waals surface area contributed by atoms with Crippen LogP contribution < -0.4 is 5.01 Å². The van der Waals surface area contributed by atoms with Gasteiger partial charge in [0.05, 0.1) is 18.1 Å². The van der Waals surface area contributed by atoms with E-state index < -0.39 is 23.8 Å². The van der Waals surface area contributed by atoms with Crippen LogP contribution in [0.2, 0.25) is 0 Å². The van der Waals surface area contributed by atoms with Gasteiger partial charge in [0, 0.05) is 33.5 Å². The minimum Gasteiger partial charge on any atom is -0.493 e. The van der Waals surface area contributed by atoms with Crippen LogP contribution in [0.25, 0.3) is 11.4 Å². The largest absolute Gasteiger partial charge is 0.493 e. The zero-order valence-corrected chi connectivity index (χ0v) is 16.8. The summed E-state index contributed by atoms with van der Waals surface area (Å²) in [6.45, 7) is 1.52. The summed E-state index contributed by atoms with van der Waals surface area (Å²) >= 11 is 0. The number of hydrazone groups is 1. The minimum atomic E-state index is -0.962. The summed E-state index contributed by atoms with van der Waals surface area (Å²) in [6.07, 6.45) is 4.40. The third-order valence-corrected chi connectivity index (χ3v) is 3.14. The molecule has 0 fully saturated rings. The van der Waals surface area contributed by atoms with Crippen molar-refractivity contribution in [3.8, 4) is 11.4 Å². The van der Waals surface area contributed by atoms with Crippen molar-refractivity contribution in [3.63, 3.8) is 0 Å². The van der Waals surface area contributed by atoms with Crippen molar-refractivity contribution in [3.05, 3.63) is 73.2 Å². The van der Waals surface area contributed by atoms with Crippen molar-refractivity contribution in [1.82, 2.24) is 24.8 Å². The molecule has 1 aliphatic heterocycles. The van der Waals surface area contributed by atoms with Crippen molar-refractivity contribution < 1.29 is 38.6 Å². The van der Waals surface area contributed by atoms with Crippen molar-refractivity contribution in [1.29, 1.82) is 0 Å². The second-order valence-corrected chi connectivity index (χ2v) is 5.18. The molecule has 3 aromatic heterocycles. The standard InChI is InChI=1S/C9H4F2N3.C8H6F2N4.Pt/c10-7-3-2-6(8(11)14-7)9-12-4-1-5-13-9;1-13-4-11-14(5-13)6-2-3-7(9)12-8(6)10;/h1,3-5H;3-5H,1H3;/q-1;-2;. The van der Waals surface area contributed by atoms with Crippen LogP contribution in [0.1, 0.15) is 0 Å². The first-order valence-corrected chi connectivity index (χ1v) is 7.59. The van der Waals surface area contributed by atoms with Crippen LogP contribution in [-0.4, -0.2) is 38.2 Å². The third-order valence-electron chi connectivity index (χ3n) is 3.14. The average Bonchev–Trinajstić information content (AvgIpc) is 3.09. The Morgan fingerprint density at radius 2 is 1.55 bits per heavy atom. The molecular weight excluding hydrogens is 573 g/mol. The zero-order valence-electron chi connectivity index (χ0n) is 14.5. The van der Waals surface area contributed by atoms with Gasteiger partial charge in [0.1, 0.15) is 17.8 Å². The number of hydrogen-bond acceptors (Lipinski definition) is 7. The number of hydrogen-bond donors (Lipinski definition) is 0. The molecule has 0 amide bonds. The fraction of sp³-hybridized carbons (Fsp3) is 0.0588. The molecule has 7 nitrogen and oxygen atoms in total. The molecule has 0 spiro atoms. The molecule has 3 aromatic rings. The first kappa shape index (κ1) is 22.3. The summed E-state index contributed by atoms with van der Waals surface area (Å²) in [5.41, 5.74) is -0.0426. The molecule has 0 N–H and O–H groups in total. The van der Waals surface area contributed by atoms with Gasteiger partial charge in [0.2, 0.25) is 0 Å². The molecule has 0 saturated carbocycles. The second kappa shape index (κ2) is 10.0. The van der Waals surface area contributed by atoms with Crippen LogP contribution in [0.15, 0.2) is 35.7 Å². The fourth-order valence-corrected chi connectivity index (χ4v) is 1.97. The number of anilines is 1. The zero-order chi connectivity index (χ0) is 20.1. The Bertz CT molecular complexity index is 991. The summed E-state index contributed by atoms with van der Waals surface area (Å²) in [4.78, 5) is 15.2. The Kier molecular flexibility index (Phi) is 7.72. The smallest absolute Gasteiger partial charge is 0.130 e. The molecule has 4 rings (SSSR count). The van der Waals surface area contributed by atoms with Gasteiger partial charge in [-0.25, -0.2) is 8.78 Å². The Morgan fingerprint density at radius 3 is 2.10 bits per heavy atom. The maximum absolute atomic E-state index is 13.1. The van der Waals surface area contributed by atoms with E-state index in [-0.39, 0.29) is 38.1 Å². The van der Waals surface area contributed by atoms with Crippen molar-refractivity contribution >= 4 is 12.0 Å². The summed E-state index contributed by atoms with van der Waals surface area (Å²) in [6, 6.07) is 8.29. The van der Waals surface area contributed by atoms with E-state index in [1.807, 2.05) is 0 Å². The minimum absolute atomic E-state index is 0. The van der Waals surface area contributed by atoms with Crippen LogP contribution in [-0.2, 0) is 21.1 Å². The van der Waals surface area contributed by atoms with E-state index in [2.05, 4.69) is 37.2 Å². The normalized spacial score (nSPS) is 12.3. The van der Waals surface area contributed by atoms with Crippen molar-refractivity contribution in [2.45, 2.75) is 0 Å². The molecule has 0 unspecified atom stereocenters. The molecular formula is C17H10F4N7Pt-3. The van der Waals surface area contributed by atoms with Gasteiger partial charge in [0.15, 0.2) is 0 Å². The number of pyridine rings is 2.